The van der Waals surface area contributed by atoms with Gasteiger partial charge < -0.3 is 19.3 Å². The van der Waals surface area contributed by atoms with Gasteiger partial charge in [-0.25, -0.2) is 4.79 Å². The Morgan fingerprint density at radius 3 is 2.26 bits per heavy atom. The molecule has 0 radical (unpaired) electrons. The highest BCUT2D eigenvalue weighted by Crippen LogP contribution is 2.29. The topological polar surface area (TPSA) is 68.2 Å². The van der Waals surface area contributed by atoms with E-state index in [1.54, 1.807) is 12.1 Å². The maximum atomic E-state index is 11.1. The minimum atomic E-state index is -1.00. The van der Waals surface area contributed by atoms with Crippen molar-refractivity contribution in [1.29, 1.82) is 0 Å². The maximum absolute atomic E-state index is 11.1. The quantitative estimate of drug-likeness (QED) is 0.305. The van der Waals surface area contributed by atoms with Crippen LogP contribution in [-0.4, -0.2) is 61.5 Å². The smallest absolute Gasteiger partial charge is 0.344 e. The van der Waals surface area contributed by atoms with Gasteiger partial charge in [0.15, 0.2) is 6.10 Å². The average molecular weight is 568 g/mol. The Hall–Kier alpha value is -4.05. The van der Waals surface area contributed by atoms with Gasteiger partial charge in [0, 0.05) is 18.7 Å². The molecule has 1 N–H and O–H groups in total. The highest BCUT2D eigenvalue weighted by molar-refractivity contribution is 5.80. The molecule has 1 unspecified atom stereocenters. The Kier molecular flexibility index (Phi) is 10.5. The second kappa shape index (κ2) is 14.2. The van der Waals surface area contributed by atoms with Gasteiger partial charge in [-0.05, 0) is 83.5 Å². The fourth-order valence-electron chi connectivity index (χ4n) is 4.60. The van der Waals surface area contributed by atoms with Crippen molar-refractivity contribution in [3.05, 3.63) is 101 Å². The van der Waals surface area contributed by atoms with Crippen molar-refractivity contribution in [2.24, 2.45) is 0 Å². The molecular weight excluding hydrogens is 526 g/mol. The number of nitrogens with zero attached hydrogens (tertiary/aromatic N) is 1. The Morgan fingerprint density at radius 1 is 1.02 bits per heavy atom. The van der Waals surface area contributed by atoms with E-state index in [0.717, 1.165) is 60.7 Å². The zero-order valence-electron chi connectivity index (χ0n) is 25.3. The summed E-state index contributed by atoms with van der Waals surface area (Å²) in [7, 11) is 0. The molecule has 6 nitrogen and oxygen atoms in total. The van der Waals surface area contributed by atoms with Crippen LogP contribution in [0.5, 0.6) is 11.5 Å². The van der Waals surface area contributed by atoms with Crippen molar-refractivity contribution >= 4 is 11.5 Å². The zero-order chi connectivity index (χ0) is 30.1. The molecule has 1 aliphatic heterocycles. The number of hydrogen-bond donors (Lipinski definition) is 1. The van der Waals surface area contributed by atoms with Gasteiger partial charge in [0.1, 0.15) is 18.1 Å². The van der Waals surface area contributed by atoms with Crippen molar-refractivity contribution in [3.8, 4) is 23.3 Å². The molecule has 42 heavy (non-hydrogen) atoms. The van der Waals surface area contributed by atoms with E-state index >= 15 is 0 Å². The first kappa shape index (κ1) is 30.9. The summed E-state index contributed by atoms with van der Waals surface area (Å²) in [6.07, 6.45) is 1.17. The van der Waals surface area contributed by atoms with E-state index in [1.165, 1.54) is 12.5 Å². The molecular formula is C36H41NO5. The first-order valence-electron chi connectivity index (χ1n) is 14.4. The third kappa shape index (κ3) is 8.72. The van der Waals surface area contributed by atoms with Gasteiger partial charge in [0.05, 0.1) is 19.8 Å². The van der Waals surface area contributed by atoms with Crippen LogP contribution >= 0.6 is 0 Å². The summed E-state index contributed by atoms with van der Waals surface area (Å²) >= 11 is 0. The van der Waals surface area contributed by atoms with Crippen LogP contribution in [0.15, 0.2) is 72.8 Å². The molecule has 0 saturated carbocycles. The fourth-order valence-corrected chi connectivity index (χ4v) is 4.60. The minimum absolute atomic E-state index is 0.0725. The van der Waals surface area contributed by atoms with Crippen molar-refractivity contribution < 1.29 is 24.1 Å². The molecule has 6 heteroatoms. The number of morpholine rings is 1. The number of rotatable bonds is 9. The summed E-state index contributed by atoms with van der Waals surface area (Å²) in [5, 5.41) is 9.13. The molecule has 3 aromatic carbocycles. The number of carbonyl (C=O) groups is 1. The third-order valence-corrected chi connectivity index (χ3v) is 7.23. The lowest BCUT2D eigenvalue weighted by Gasteiger charge is -2.24. The monoisotopic (exact) mass is 567 g/mol. The number of benzene rings is 3. The van der Waals surface area contributed by atoms with Gasteiger partial charge in [-0.1, -0.05) is 69.0 Å². The molecule has 3 aromatic rings. The number of aliphatic carboxylic acids is 1. The molecule has 0 bridgehead atoms. The zero-order valence-corrected chi connectivity index (χ0v) is 25.3. The van der Waals surface area contributed by atoms with E-state index in [0.29, 0.717) is 18.1 Å². The number of aryl methyl sites for hydroxylation is 1. The van der Waals surface area contributed by atoms with Gasteiger partial charge in [0.25, 0.3) is 0 Å². The average Bonchev–Trinajstić information content (AvgIpc) is 2.97. The molecule has 1 heterocycles. The van der Waals surface area contributed by atoms with Gasteiger partial charge >= 0.3 is 5.97 Å². The molecule has 1 saturated heterocycles. The standard InChI is InChI=1S/C36H41NO5/c1-26-25-32(16-17-34(26)42-27(2)35(38)39)41-22-18-33(30-12-14-31(15-13-30)36(3,4)5)29-10-8-28(9-11-29)7-6-19-37-20-23-40-24-21-37/h8-18,25,27H,19-24H2,1-5H3,(H,38,39)/b33-18+. The van der Waals surface area contributed by atoms with Gasteiger partial charge in [-0.15, -0.1) is 0 Å². The summed E-state index contributed by atoms with van der Waals surface area (Å²) in [6, 6.07) is 22.5. The van der Waals surface area contributed by atoms with E-state index < -0.39 is 12.1 Å². The summed E-state index contributed by atoms with van der Waals surface area (Å²) in [5.41, 5.74) is 6.43. The molecule has 0 aromatic heterocycles. The predicted molar refractivity (Wildman–Crippen MR) is 167 cm³/mol. The third-order valence-electron chi connectivity index (χ3n) is 7.23. The normalized spacial score (nSPS) is 14.9. The lowest BCUT2D eigenvalue weighted by atomic mass is 9.85. The van der Waals surface area contributed by atoms with Gasteiger partial charge in [0.2, 0.25) is 0 Å². The SMILES string of the molecule is Cc1cc(OC/C=C(\c2ccc(C#CCN3CCOCC3)cc2)c2ccc(C(C)(C)C)cc2)ccc1OC(C)C(=O)O. The second-order valence-electron chi connectivity index (χ2n) is 11.5. The van der Waals surface area contributed by atoms with Crippen LogP contribution in [0.2, 0.25) is 0 Å². The van der Waals surface area contributed by atoms with Crippen LogP contribution in [0.4, 0.5) is 0 Å². The summed E-state index contributed by atoms with van der Waals surface area (Å²) in [5.74, 6) is 6.80. The molecule has 0 aliphatic carbocycles. The van der Waals surface area contributed by atoms with Crippen LogP contribution in [0.25, 0.3) is 5.57 Å². The van der Waals surface area contributed by atoms with Crippen LogP contribution in [0, 0.1) is 18.8 Å². The van der Waals surface area contributed by atoms with Crippen molar-refractivity contribution in [1.82, 2.24) is 4.90 Å². The van der Waals surface area contributed by atoms with E-state index in [4.69, 9.17) is 19.3 Å². The highest BCUT2D eigenvalue weighted by atomic mass is 16.5. The molecule has 1 aliphatic rings. The fraction of sp³-hybridized carbons (Fsp3) is 0.361. The lowest BCUT2D eigenvalue weighted by molar-refractivity contribution is -0.144. The first-order valence-corrected chi connectivity index (χ1v) is 14.4. The lowest BCUT2D eigenvalue weighted by Crippen LogP contribution is -2.36. The predicted octanol–water partition coefficient (Wildman–Crippen LogP) is 6.34. The first-order chi connectivity index (χ1) is 20.1. The largest absolute Gasteiger partial charge is 0.489 e. The van der Waals surface area contributed by atoms with Crippen molar-refractivity contribution in [2.75, 3.05) is 39.5 Å². The number of hydrogen-bond acceptors (Lipinski definition) is 5. The Bertz CT molecular complexity index is 1430. The molecule has 220 valence electrons. The van der Waals surface area contributed by atoms with Gasteiger partial charge in [-0.2, -0.15) is 0 Å². The summed E-state index contributed by atoms with van der Waals surface area (Å²) in [6.45, 7) is 14.6. The maximum Gasteiger partial charge on any atom is 0.344 e. The highest BCUT2D eigenvalue weighted by Gasteiger charge is 2.15. The minimum Gasteiger partial charge on any atom is -0.489 e. The Morgan fingerprint density at radius 2 is 1.67 bits per heavy atom. The summed E-state index contributed by atoms with van der Waals surface area (Å²) in [4.78, 5) is 13.5. The van der Waals surface area contributed by atoms with Crippen molar-refractivity contribution in [3.63, 3.8) is 0 Å². The van der Waals surface area contributed by atoms with Crippen molar-refractivity contribution in [2.45, 2.75) is 46.1 Å². The molecule has 0 spiro atoms. The number of carboxylic acid groups (broad SMARTS) is 1. The Balaban J connectivity index is 1.51. The van der Waals surface area contributed by atoms with Crippen LogP contribution in [0.1, 0.15) is 55.5 Å². The van der Waals surface area contributed by atoms with Crippen LogP contribution in [0.3, 0.4) is 0 Å². The van der Waals surface area contributed by atoms with E-state index in [9.17, 15) is 4.79 Å². The number of carboxylic acids is 1. The second-order valence-corrected chi connectivity index (χ2v) is 11.5. The summed E-state index contributed by atoms with van der Waals surface area (Å²) < 4.78 is 17.0. The molecule has 1 fully saturated rings. The molecule has 1 atom stereocenters. The van der Waals surface area contributed by atoms with E-state index in [1.807, 2.05) is 13.0 Å². The number of ether oxygens (including phenoxy) is 3. The van der Waals surface area contributed by atoms with E-state index in [2.05, 4.69) is 92.1 Å². The Labute approximate surface area is 249 Å². The molecule has 0 amide bonds. The van der Waals surface area contributed by atoms with Crippen LogP contribution < -0.4 is 9.47 Å². The van der Waals surface area contributed by atoms with Gasteiger partial charge in [-0.3, -0.25) is 4.90 Å². The molecule has 4 rings (SSSR count). The van der Waals surface area contributed by atoms with E-state index in [-0.39, 0.29) is 5.41 Å². The van der Waals surface area contributed by atoms with Crippen LogP contribution in [-0.2, 0) is 14.9 Å².